The Morgan fingerprint density at radius 1 is 1.42 bits per heavy atom. The molecule has 0 atom stereocenters. The number of nitrogens with zero attached hydrogens (tertiary/aromatic N) is 3. The van der Waals surface area contributed by atoms with Gasteiger partial charge in [0.2, 0.25) is 5.91 Å². The molecule has 0 saturated carbocycles. The van der Waals surface area contributed by atoms with Gasteiger partial charge in [-0.2, -0.15) is 5.10 Å². The van der Waals surface area contributed by atoms with Gasteiger partial charge in [-0.25, -0.2) is 4.68 Å². The Bertz CT molecular complexity index is 670. The average molecular weight is 263 g/mol. The summed E-state index contributed by atoms with van der Waals surface area (Å²) in [4.78, 5) is 35.9. The van der Waals surface area contributed by atoms with E-state index in [1.54, 1.807) is 19.4 Å². The van der Waals surface area contributed by atoms with Crippen molar-refractivity contribution in [1.29, 1.82) is 0 Å². The monoisotopic (exact) mass is 263 g/mol. The number of carbonyl (C=O) groups is 1. The quantitative estimate of drug-likeness (QED) is 0.732. The van der Waals surface area contributed by atoms with Crippen LogP contribution in [0.4, 0.5) is 0 Å². The molecule has 19 heavy (non-hydrogen) atoms. The number of aromatic amines is 2. The van der Waals surface area contributed by atoms with Crippen LogP contribution in [-0.2, 0) is 17.9 Å². The maximum atomic E-state index is 11.9. The van der Waals surface area contributed by atoms with Crippen LogP contribution >= 0.6 is 0 Å². The predicted molar refractivity (Wildman–Crippen MR) is 66.4 cm³/mol. The van der Waals surface area contributed by atoms with E-state index >= 15 is 0 Å². The lowest BCUT2D eigenvalue weighted by Gasteiger charge is -2.16. The maximum absolute atomic E-state index is 11.9. The summed E-state index contributed by atoms with van der Waals surface area (Å²) in [5, 5.41) is 8.73. The summed E-state index contributed by atoms with van der Waals surface area (Å²) in [6, 6.07) is 2.25. The lowest BCUT2D eigenvalue weighted by Crippen LogP contribution is -2.36. The van der Waals surface area contributed by atoms with Crippen molar-refractivity contribution in [3.8, 4) is 0 Å². The van der Waals surface area contributed by atoms with E-state index in [1.807, 2.05) is 0 Å². The highest BCUT2D eigenvalue weighted by atomic mass is 16.2. The molecular formula is C11H13N5O3. The van der Waals surface area contributed by atoms with Gasteiger partial charge in [0.25, 0.3) is 11.1 Å². The van der Waals surface area contributed by atoms with Gasteiger partial charge in [0.05, 0.1) is 6.20 Å². The SMILES string of the molecule is CN(Cc1cn[nH]c1)C(=O)Cn1[nH]c(=O)ccc1=O. The molecule has 8 nitrogen and oxygen atoms in total. The molecule has 2 N–H and O–H groups in total. The van der Waals surface area contributed by atoms with E-state index in [-0.39, 0.29) is 12.5 Å². The molecular weight excluding hydrogens is 250 g/mol. The van der Waals surface area contributed by atoms with Crippen molar-refractivity contribution in [1.82, 2.24) is 24.9 Å². The van der Waals surface area contributed by atoms with Gasteiger partial charge in [-0.3, -0.25) is 24.6 Å². The molecule has 0 spiro atoms. The summed E-state index contributed by atoms with van der Waals surface area (Å²) in [6.07, 6.45) is 3.29. The second-order valence-corrected chi connectivity index (χ2v) is 4.09. The molecule has 0 radical (unpaired) electrons. The molecule has 0 aromatic carbocycles. The number of nitrogens with one attached hydrogen (secondary N) is 2. The number of hydrogen-bond donors (Lipinski definition) is 2. The van der Waals surface area contributed by atoms with Gasteiger partial charge in [0.1, 0.15) is 6.54 Å². The number of aromatic nitrogens is 4. The molecule has 0 aliphatic heterocycles. The minimum Gasteiger partial charge on any atom is -0.340 e. The minimum atomic E-state index is -0.426. The molecule has 1 amide bonds. The van der Waals surface area contributed by atoms with Gasteiger partial charge in [-0.15, -0.1) is 0 Å². The summed E-state index contributed by atoms with van der Waals surface area (Å²) in [7, 11) is 1.61. The number of carbonyl (C=O) groups excluding carboxylic acids is 1. The lowest BCUT2D eigenvalue weighted by molar-refractivity contribution is -0.131. The van der Waals surface area contributed by atoms with E-state index < -0.39 is 11.1 Å². The number of hydrogen-bond acceptors (Lipinski definition) is 4. The van der Waals surface area contributed by atoms with E-state index in [9.17, 15) is 14.4 Å². The Morgan fingerprint density at radius 3 is 2.89 bits per heavy atom. The maximum Gasteiger partial charge on any atom is 0.265 e. The molecule has 2 heterocycles. The van der Waals surface area contributed by atoms with Crippen LogP contribution in [0.3, 0.4) is 0 Å². The van der Waals surface area contributed by atoms with Gasteiger partial charge < -0.3 is 4.90 Å². The molecule has 2 aromatic rings. The number of H-pyrrole nitrogens is 2. The molecule has 0 bridgehead atoms. The van der Waals surface area contributed by atoms with E-state index in [4.69, 9.17) is 0 Å². The summed E-state index contributed by atoms with van der Waals surface area (Å²) in [5.74, 6) is -0.287. The van der Waals surface area contributed by atoms with Gasteiger partial charge in [-0.1, -0.05) is 0 Å². The Hall–Kier alpha value is -2.64. The molecule has 2 aromatic heterocycles. The molecule has 8 heteroatoms. The lowest BCUT2D eigenvalue weighted by atomic mass is 10.3. The van der Waals surface area contributed by atoms with Crippen LogP contribution in [0.15, 0.2) is 34.1 Å². The zero-order valence-electron chi connectivity index (χ0n) is 10.3. The second kappa shape index (κ2) is 5.34. The minimum absolute atomic E-state index is 0.205. The van der Waals surface area contributed by atoms with Crippen LogP contribution in [0.25, 0.3) is 0 Å². The van der Waals surface area contributed by atoms with Gasteiger partial charge in [0.15, 0.2) is 0 Å². The molecule has 0 unspecified atom stereocenters. The van der Waals surface area contributed by atoms with Crippen LogP contribution in [0.5, 0.6) is 0 Å². The van der Waals surface area contributed by atoms with Crippen LogP contribution in [0, 0.1) is 0 Å². The van der Waals surface area contributed by atoms with Crippen molar-refractivity contribution in [2.24, 2.45) is 0 Å². The van der Waals surface area contributed by atoms with E-state index in [2.05, 4.69) is 15.3 Å². The first-order valence-corrected chi connectivity index (χ1v) is 5.58. The van der Waals surface area contributed by atoms with Crippen LogP contribution in [0.1, 0.15) is 5.56 Å². The van der Waals surface area contributed by atoms with Crippen LogP contribution < -0.4 is 11.1 Å². The third-order valence-electron chi connectivity index (χ3n) is 2.58. The van der Waals surface area contributed by atoms with Crippen molar-refractivity contribution in [3.63, 3.8) is 0 Å². The first kappa shape index (κ1) is 12.8. The Balaban J connectivity index is 2.06. The normalized spacial score (nSPS) is 10.4. The highest BCUT2D eigenvalue weighted by molar-refractivity contribution is 5.75. The van der Waals surface area contributed by atoms with E-state index in [0.717, 1.165) is 22.4 Å². The molecule has 0 aliphatic rings. The average Bonchev–Trinajstić information content (AvgIpc) is 2.86. The van der Waals surface area contributed by atoms with Crippen LogP contribution in [0.2, 0.25) is 0 Å². The second-order valence-electron chi connectivity index (χ2n) is 4.09. The molecule has 0 fully saturated rings. The van der Waals surface area contributed by atoms with E-state index in [0.29, 0.717) is 6.54 Å². The van der Waals surface area contributed by atoms with Crippen molar-refractivity contribution >= 4 is 5.91 Å². The van der Waals surface area contributed by atoms with Crippen molar-refractivity contribution < 1.29 is 4.79 Å². The number of rotatable bonds is 4. The fourth-order valence-corrected chi connectivity index (χ4v) is 1.56. The first-order valence-electron chi connectivity index (χ1n) is 5.58. The number of likely N-dealkylation sites (N-methyl/N-ethyl adjacent to an activating group) is 1. The first-order chi connectivity index (χ1) is 9.06. The summed E-state index contributed by atoms with van der Waals surface area (Å²) in [6.45, 7) is 0.171. The zero-order chi connectivity index (χ0) is 13.8. The Morgan fingerprint density at radius 2 is 2.21 bits per heavy atom. The van der Waals surface area contributed by atoms with Crippen LogP contribution in [-0.4, -0.2) is 37.8 Å². The topological polar surface area (TPSA) is 104 Å². The summed E-state index contributed by atoms with van der Waals surface area (Å²) >= 11 is 0. The third kappa shape index (κ3) is 3.18. The largest absolute Gasteiger partial charge is 0.340 e. The molecule has 0 aliphatic carbocycles. The number of amides is 1. The van der Waals surface area contributed by atoms with Crippen molar-refractivity contribution in [2.45, 2.75) is 13.1 Å². The Kier molecular flexibility index (Phi) is 3.60. The third-order valence-corrected chi connectivity index (χ3v) is 2.58. The predicted octanol–water partition coefficient (Wildman–Crippen LogP) is -1.08. The van der Waals surface area contributed by atoms with Gasteiger partial charge >= 0.3 is 0 Å². The molecule has 100 valence electrons. The van der Waals surface area contributed by atoms with E-state index in [1.165, 1.54) is 4.90 Å². The molecule has 2 rings (SSSR count). The highest BCUT2D eigenvalue weighted by Gasteiger charge is 2.11. The Labute approximate surface area is 107 Å². The fraction of sp³-hybridized carbons (Fsp3) is 0.273. The van der Waals surface area contributed by atoms with Gasteiger partial charge in [0, 0.05) is 37.5 Å². The standard InChI is InChI=1S/C11H13N5O3/c1-15(6-8-4-12-13-5-8)11(19)7-16-10(18)3-2-9(17)14-16/h2-5H,6-7H2,1H3,(H,12,13)(H,14,17). The van der Waals surface area contributed by atoms with Crippen molar-refractivity contribution in [2.75, 3.05) is 7.05 Å². The summed E-state index contributed by atoms with van der Waals surface area (Å²) < 4.78 is 0.983. The molecule has 0 saturated heterocycles. The van der Waals surface area contributed by atoms with Gasteiger partial charge in [-0.05, 0) is 0 Å². The fourth-order valence-electron chi connectivity index (χ4n) is 1.56. The highest BCUT2D eigenvalue weighted by Crippen LogP contribution is 2.00. The zero-order valence-corrected chi connectivity index (χ0v) is 10.3. The summed E-state index contributed by atoms with van der Waals surface area (Å²) in [5.41, 5.74) is -0.000647. The van der Waals surface area contributed by atoms with Crippen molar-refractivity contribution in [3.05, 3.63) is 50.8 Å². The smallest absolute Gasteiger partial charge is 0.265 e.